The molecule has 0 atom stereocenters. The number of carbonyl (C=O) groups is 1. The lowest BCUT2D eigenvalue weighted by molar-refractivity contribution is 0.0931. The summed E-state index contributed by atoms with van der Waals surface area (Å²) in [6, 6.07) is 9.47. The first-order chi connectivity index (χ1) is 9.96. The van der Waals surface area contributed by atoms with Crippen LogP contribution in [0.1, 0.15) is 37.7 Å². The fraction of sp³-hybridized carbons (Fsp3) is 0.375. The van der Waals surface area contributed by atoms with Crippen LogP contribution in [0.5, 0.6) is 0 Å². The number of pyridine rings is 1. The van der Waals surface area contributed by atoms with Gasteiger partial charge in [-0.05, 0) is 23.3 Å². The summed E-state index contributed by atoms with van der Waals surface area (Å²) in [5.74, 6) is 5.83. The van der Waals surface area contributed by atoms with E-state index in [1.807, 2.05) is 24.3 Å². The number of amides is 1. The lowest BCUT2D eigenvalue weighted by Gasteiger charge is -2.22. The molecule has 5 heteroatoms. The van der Waals surface area contributed by atoms with Crippen LogP contribution in [-0.4, -0.2) is 17.4 Å². The van der Waals surface area contributed by atoms with E-state index in [2.05, 4.69) is 36.5 Å². The van der Waals surface area contributed by atoms with Gasteiger partial charge in [0.05, 0.1) is 0 Å². The number of nitrogens with two attached hydrogens (primary N) is 1. The van der Waals surface area contributed by atoms with Crippen LogP contribution in [0.3, 0.4) is 0 Å². The average Bonchev–Trinajstić information content (AvgIpc) is 2.51. The molecule has 1 aromatic heterocycles. The van der Waals surface area contributed by atoms with Crippen molar-refractivity contribution in [1.29, 1.82) is 0 Å². The van der Waals surface area contributed by atoms with E-state index in [1.54, 1.807) is 6.07 Å². The lowest BCUT2D eigenvalue weighted by Crippen LogP contribution is -2.34. The Labute approximate surface area is 124 Å². The Morgan fingerprint density at radius 1 is 1.33 bits per heavy atom. The van der Waals surface area contributed by atoms with E-state index in [1.165, 1.54) is 0 Å². The summed E-state index contributed by atoms with van der Waals surface area (Å²) in [5.41, 5.74) is 3.00. The highest BCUT2D eigenvalue weighted by Gasteiger charge is 2.18. The van der Waals surface area contributed by atoms with Crippen molar-refractivity contribution in [2.24, 2.45) is 11.3 Å². The predicted molar refractivity (Wildman–Crippen MR) is 86.0 cm³/mol. The van der Waals surface area contributed by atoms with Crippen molar-refractivity contribution < 1.29 is 4.79 Å². The standard InChI is InChI=1S/C16H22N4O/c1-4-16(2,3)10-18-15(21)13-9-11-7-5-6-8-12(11)14(19-13)20-17/h5-9H,4,10,17H2,1-3H3,(H,18,21)(H,19,20). The molecule has 21 heavy (non-hydrogen) atoms. The van der Waals surface area contributed by atoms with E-state index >= 15 is 0 Å². The summed E-state index contributed by atoms with van der Waals surface area (Å²) < 4.78 is 0. The smallest absolute Gasteiger partial charge is 0.270 e. The molecule has 1 amide bonds. The van der Waals surface area contributed by atoms with Crippen molar-refractivity contribution in [2.45, 2.75) is 27.2 Å². The first-order valence-electron chi connectivity index (χ1n) is 7.11. The van der Waals surface area contributed by atoms with E-state index < -0.39 is 0 Å². The van der Waals surface area contributed by atoms with Crippen LogP contribution in [0.15, 0.2) is 30.3 Å². The SMILES string of the molecule is CCC(C)(C)CNC(=O)c1cc2ccccc2c(NN)n1. The number of nitrogens with one attached hydrogen (secondary N) is 2. The third-order valence-corrected chi connectivity index (χ3v) is 3.79. The normalized spacial score (nSPS) is 11.4. The highest BCUT2D eigenvalue weighted by Crippen LogP contribution is 2.22. The maximum atomic E-state index is 12.3. The molecule has 4 N–H and O–H groups in total. The van der Waals surface area contributed by atoms with Gasteiger partial charge < -0.3 is 10.7 Å². The minimum atomic E-state index is -0.182. The van der Waals surface area contributed by atoms with Gasteiger partial charge in [-0.1, -0.05) is 45.0 Å². The number of nitrogens with zero attached hydrogens (tertiary/aromatic N) is 1. The Morgan fingerprint density at radius 2 is 2.05 bits per heavy atom. The highest BCUT2D eigenvalue weighted by molar-refractivity contribution is 6.00. The van der Waals surface area contributed by atoms with E-state index in [0.29, 0.717) is 18.1 Å². The molecule has 1 heterocycles. The molecule has 0 fully saturated rings. The number of hydrogen-bond donors (Lipinski definition) is 3. The van der Waals surface area contributed by atoms with Crippen molar-refractivity contribution in [3.05, 3.63) is 36.0 Å². The zero-order valence-corrected chi connectivity index (χ0v) is 12.7. The van der Waals surface area contributed by atoms with Crippen molar-refractivity contribution in [2.75, 3.05) is 12.0 Å². The van der Waals surface area contributed by atoms with Crippen molar-refractivity contribution >= 4 is 22.5 Å². The van der Waals surface area contributed by atoms with Crippen LogP contribution in [0.25, 0.3) is 10.8 Å². The van der Waals surface area contributed by atoms with Crippen LogP contribution in [0, 0.1) is 5.41 Å². The maximum absolute atomic E-state index is 12.3. The van der Waals surface area contributed by atoms with Gasteiger partial charge in [0.1, 0.15) is 11.5 Å². The summed E-state index contributed by atoms with van der Waals surface area (Å²) in [4.78, 5) is 16.6. The Kier molecular flexibility index (Phi) is 4.43. The van der Waals surface area contributed by atoms with Gasteiger partial charge in [0.2, 0.25) is 0 Å². The van der Waals surface area contributed by atoms with Gasteiger partial charge in [0.15, 0.2) is 0 Å². The first kappa shape index (κ1) is 15.3. The molecular weight excluding hydrogens is 264 g/mol. The molecular formula is C16H22N4O. The number of rotatable bonds is 5. The number of hydrogen-bond acceptors (Lipinski definition) is 4. The van der Waals surface area contributed by atoms with Crippen molar-refractivity contribution in [3.63, 3.8) is 0 Å². The summed E-state index contributed by atoms with van der Waals surface area (Å²) in [6.45, 7) is 6.96. The monoisotopic (exact) mass is 286 g/mol. The van der Waals surface area contributed by atoms with E-state index in [4.69, 9.17) is 5.84 Å². The van der Waals surface area contributed by atoms with Crippen LogP contribution in [-0.2, 0) is 0 Å². The Bertz CT molecular complexity index is 652. The molecule has 0 unspecified atom stereocenters. The quantitative estimate of drug-likeness (QED) is 0.583. The molecule has 0 saturated heterocycles. The topological polar surface area (TPSA) is 80.0 Å². The number of carbonyl (C=O) groups excluding carboxylic acids is 1. The Balaban J connectivity index is 2.27. The summed E-state index contributed by atoms with van der Waals surface area (Å²) in [5, 5.41) is 4.76. The van der Waals surface area contributed by atoms with Crippen molar-refractivity contribution in [1.82, 2.24) is 10.3 Å². The second kappa shape index (κ2) is 6.10. The van der Waals surface area contributed by atoms with Crippen LogP contribution < -0.4 is 16.6 Å². The number of hydrazine groups is 1. The molecule has 0 radical (unpaired) electrons. The van der Waals surface area contributed by atoms with Gasteiger partial charge in [-0.3, -0.25) is 4.79 Å². The van der Waals surface area contributed by atoms with E-state index in [-0.39, 0.29) is 11.3 Å². The molecule has 0 aliphatic carbocycles. The summed E-state index contributed by atoms with van der Waals surface area (Å²) in [7, 11) is 0. The second-order valence-electron chi connectivity index (χ2n) is 5.92. The predicted octanol–water partition coefficient (Wildman–Crippen LogP) is 2.69. The number of anilines is 1. The van der Waals surface area contributed by atoms with Gasteiger partial charge in [0.25, 0.3) is 5.91 Å². The zero-order valence-electron chi connectivity index (χ0n) is 12.7. The van der Waals surface area contributed by atoms with Gasteiger partial charge >= 0.3 is 0 Å². The minimum Gasteiger partial charge on any atom is -0.350 e. The van der Waals surface area contributed by atoms with Gasteiger partial charge in [0, 0.05) is 11.9 Å². The van der Waals surface area contributed by atoms with Crippen LogP contribution in [0.4, 0.5) is 5.82 Å². The molecule has 0 bridgehead atoms. The first-order valence-corrected chi connectivity index (χ1v) is 7.11. The van der Waals surface area contributed by atoms with Gasteiger partial charge in [-0.25, -0.2) is 10.8 Å². The third-order valence-electron chi connectivity index (χ3n) is 3.79. The molecule has 0 saturated carbocycles. The van der Waals surface area contributed by atoms with Gasteiger partial charge in [-0.15, -0.1) is 0 Å². The number of aromatic nitrogens is 1. The molecule has 1 aromatic carbocycles. The highest BCUT2D eigenvalue weighted by atomic mass is 16.1. The molecule has 0 aliphatic rings. The Morgan fingerprint density at radius 3 is 2.71 bits per heavy atom. The van der Waals surface area contributed by atoms with Crippen molar-refractivity contribution in [3.8, 4) is 0 Å². The fourth-order valence-electron chi connectivity index (χ4n) is 1.96. The van der Waals surface area contributed by atoms with Gasteiger partial charge in [-0.2, -0.15) is 0 Å². The fourth-order valence-corrected chi connectivity index (χ4v) is 1.96. The lowest BCUT2D eigenvalue weighted by atomic mass is 9.90. The molecule has 0 spiro atoms. The summed E-state index contributed by atoms with van der Waals surface area (Å²) >= 11 is 0. The molecule has 2 aromatic rings. The molecule has 0 aliphatic heterocycles. The number of nitrogen functional groups attached to an aromatic ring is 1. The second-order valence-corrected chi connectivity index (χ2v) is 5.92. The van der Waals surface area contributed by atoms with E-state index in [0.717, 1.165) is 17.2 Å². The van der Waals surface area contributed by atoms with Crippen LogP contribution in [0.2, 0.25) is 0 Å². The largest absolute Gasteiger partial charge is 0.350 e. The average molecular weight is 286 g/mol. The maximum Gasteiger partial charge on any atom is 0.270 e. The molecule has 2 rings (SSSR count). The number of benzene rings is 1. The van der Waals surface area contributed by atoms with E-state index in [9.17, 15) is 4.79 Å². The summed E-state index contributed by atoms with van der Waals surface area (Å²) in [6.07, 6.45) is 0.994. The Hall–Kier alpha value is -2.14. The van der Waals surface area contributed by atoms with Crippen LogP contribution >= 0.6 is 0 Å². The minimum absolute atomic E-state index is 0.0709. The molecule has 5 nitrogen and oxygen atoms in total. The third kappa shape index (κ3) is 3.49. The number of fused-ring (bicyclic) bond motifs is 1. The molecule has 112 valence electrons. The zero-order chi connectivity index (χ0) is 15.5.